The predicted molar refractivity (Wildman–Crippen MR) is 81.5 cm³/mol. The van der Waals surface area contributed by atoms with Gasteiger partial charge in [0, 0.05) is 32.3 Å². The summed E-state index contributed by atoms with van der Waals surface area (Å²) in [7, 11) is 0. The summed E-state index contributed by atoms with van der Waals surface area (Å²) in [6.45, 7) is 5.02. The lowest BCUT2D eigenvalue weighted by molar-refractivity contribution is -0.125. The van der Waals surface area contributed by atoms with Gasteiger partial charge in [-0.05, 0) is 26.2 Å². The molecule has 0 spiro atoms. The molecule has 1 amide bonds. The van der Waals surface area contributed by atoms with Crippen LogP contribution in [0.1, 0.15) is 30.7 Å². The van der Waals surface area contributed by atoms with Crippen LogP contribution in [-0.4, -0.2) is 54.5 Å². The van der Waals surface area contributed by atoms with E-state index in [0.29, 0.717) is 45.7 Å². The van der Waals surface area contributed by atoms with Gasteiger partial charge in [-0.2, -0.15) is 0 Å². The SMILES string of the molecule is Cc1cc(CN2CCC(F)(CNC(=O)C3CCOC3)CC2)no1. The van der Waals surface area contributed by atoms with Gasteiger partial charge in [0.2, 0.25) is 5.91 Å². The minimum atomic E-state index is -1.31. The summed E-state index contributed by atoms with van der Waals surface area (Å²) < 4.78 is 25.1. The molecule has 1 atom stereocenters. The Balaban J connectivity index is 1.42. The van der Waals surface area contributed by atoms with Crippen LogP contribution in [0, 0.1) is 12.8 Å². The van der Waals surface area contributed by atoms with Crippen molar-refractivity contribution >= 4 is 5.91 Å². The number of nitrogens with zero attached hydrogens (tertiary/aromatic N) is 2. The molecule has 0 aliphatic carbocycles. The molecule has 7 heteroatoms. The first-order valence-corrected chi connectivity index (χ1v) is 8.23. The van der Waals surface area contributed by atoms with Gasteiger partial charge in [0.1, 0.15) is 11.4 Å². The zero-order valence-corrected chi connectivity index (χ0v) is 13.5. The van der Waals surface area contributed by atoms with Crippen LogP contribution in [0.3, 0.4) is 0 Å². The molecule has 6 nitrogen and oxygen atoms in total. The Labute approximate surface area is 135 Å². The third-order valence-electron chi connectivity index (χ3n) is 4.69. The average Bonchev–Trinajstić information content (AvgIpc) is 3.20. The smallest absolute Gasteiger partial charge is 0.225 e. The summed E-state index contributed by atoms with van der Waals surface area (Å²) in [6, 6.07) is 1.90. The molecule has 1 aromatic rings. The lowest BCUT2D eigenvalue weighted by Gasteiger charge is -2.36. The first-order valence-electron chi connectivity index (χ1n) is 8.23. The van der Waals surface area contributed by atoms with Crippen molar-refractivity contribution in [2.45, 2.75) is 38.4 Å². The highest BCUT2D eigenvalue weighted by Crippen LogP contribution is 2.27. The molecule has 1 unspecified atom stereocenters. The number of piperidine rings is 1. The molecule has 0 saturated carbocycles. The van der Waals surface area contributed by atoms with E-state index in [-0.39, 0.29) is 18.4 Å². The quantitative estimate of drug-likeness (QED) is 0.887. The molecule has 2 aliphatic rings. The van der Waals surface area contributed by atoms with Gasteiger partial charge in [-0.1, -0.05) is 5.16 Å². The fraction of sp³-hybridized carbons (Fsp3) is 0.750. The number of ether oxygens (including phenoxy) is 1. The molecule has 0 radical (unpaired) electrons. The molecule has 0 aromatic carbocycles. The second kappa shape index (κ2) is 6.97. The zero-order valence-electron chi connectivity index (χ0n) is 13.5. The van der Waals surface area contributed by atoms with E-state index in [4.69, 9.17) is 9.26 Å². The number of rotatable bonds is 5. The average molecular weight is 325 g/mol. The van der Waals surface area contributed by atoms with Crippen molar-refractivity contribution in [1.82, 2.24) is 15.4 Å². The number of amides is 1. The molecule has 2 fully saturated rings. The van der Waals surface area contributed by atoms with E-state index in [2.05, 4.69) is 15.4 Å². The lowest BCUT2D eigenvalue weighted by Crippen LogP contribution is -2.49. The van der Waals surface area contributed by atoms with E-state index in [0.717, 1.165) is 17.9 Å². The Kier molecular flexibility index (Phi) is 4.96. The topological polar surface area (TPSA) is 67.6 Å². The standard InChI is InChI=1S/C16H24FN3O3/c1-12-8-14(19-23-12)9-20-5-3-16(17,4-6-20)11-18-15(21)13-2-7-22-10-13/h8,13H,2-7,9-11H2,1H3,(H,18,21). The maximum atomic E-state index is 14.8. The maximum Gasteiger partial charge on any atom is 0.225 e. The first-order chi connectivity index (χ1) is 11.0. The lowest BCUT2D eigenvalue weighted by atomic mass is 9.92. The minimum Gasteiger partial charge on any atom is -0.381 e. The second-order valence-electron chi connectivity index (χ2n) is 6.63. The van der Waals surface area contributed by atoms with Crippen LogP contribution in [-0.2, 0) is 16.1 Å². The minimum absolute atomic E-state index is 0.0833. The maximum absolute atomic E-state index is 14.8. The number of alkyl halides is 1. The third-order valence-corrected chi connectivity index (χ3v) is 4.69. The van der Waals surface area contributed by atoms with Crippen molar-refractivity contribution in [2.75, 3.05) is 32.8 Å². The molecule has 23 heavy (non-hydrogen) atoms. The Morgan fingerprint density at radius 3 is 2.91 bits per heavy atom. The fourth-order valence-electron chi connectivity index (χ4n) is 3.14. The number of hydrogen-bond acceptors (Lipinski definition) is 5. The van der Waals surface area contributed by atoms with Crippen LogP contribution in [0.4, 0.5) is 4.39 Å². The molecule has 2 saturated heterocycles. The molecule has 3 rings (SSSR count). The van der Waals surface area contributed by atoms with Crippen molar-refractivity contribution < 1.29 is 18.4 Å². The van der Waals surface area contributed by atoms with Crippen molar-refractivity contribution in [2.24, 2.45) is 5.92 Å². The van der Waals surface area contributed by atoms with Gasteiger partial charge in [0.05, 0.1) is 24.8 Å². The fourth-order valence-corrected chi connectivity index (χ4v) is 3.14. The molecule has 3 heterocycles. The number of carbonyl (C=O) groups excluding carboxylic acids is 1. The van der Waals surface area contributed by atoms with Gasteiger partial charge in [-0.25, -0.2) is 4.39 Å². The van der Waals surface area contributed by atoms with Crippen molar-refractivity contribution in [3.8, 4) is 0 Å². The molecule has 1 aromatic heterocycles. The van der Waals surface area contributed by atoms with E-state index >= 15 is 0 Å². The van der Waals surface area contributed by atoms with Gasteiger partial charge in [0.25, 0.3) is 0 Å². The molecular formula is C16H24FN3O3. The molecule has 2 aliphatic heterocycles. The van der Waals surface area contributed by atoms with Gasteiger partial charge < -0.3 is 14.6 Å². The van der Waals surface area contributed by atoms with E-state index in [1.807, 2.05) is 13.0 Å². The summed E-state index contributed by atoms with van der Waals surface area (Å²) >= 11 is 0. The van der Waals surface area contributed by atoms with Crippen molar-refractivity contribution in [1.29, 1.82) is 0 Å². The summed E-state index contributed by atoms with van der Waals surface area (Å²) in [5, 5.41) is 6.73. The number of hydrogen-bond donors (Lipinski definition) is 1. The van der Waals surface area contributed by atoms with Crippen LogP contribution in [0.25, 0.3) is 0 Å². The van der Waals surface area contributed by atoms with Crippen LogP contribution in [0.2, 0.25) is 0 Å². The van der Waals surface area contributed by atoms with Crippen LogP contribution in [0.15, 0.2) is 10.6 Å². The molecule has 128 valence electrons. The number of aromatic nitrogens is 1. The van der Waals surface area contributed by atoms with E-state index in [1.54, 1.807) is 0 Å². The summed E-state index contributed by atoms with van der Waals surface area (Å²) in [6.07, 6.45) is 1.58. The number of aryl methyl sites for hydroxylation is 1. The highest BCUT2D eigenvalue weighted by molar-refractivity contribution is 5.79. The Morgan fingerprint density at radius 2 is 2.30 bits per heavy atom. The molecular weight excluding hydrogens is 301 g/mol. The first kappa shape index (κ1) is 16.4. The Bertz CT molecular complexity index is 534. The summed E-state index contributed by atoms with van der Waals surface area (Å²) in [5.41, 5.74) is -0.436. The highest BCUT2D eigenvalue weighted by Gasteiger charge is 2.36. The van der Waals surface area contributed by atoms with Gasteiger partial charge >= 0.3 is 0 Å². The van der Waals surface area contributed by atoms with E-state index in [9.17, 15) is 9.18 Å². The van der Waals surface area contributed by atoms with Gasteiger partial charge in [-0.15, -0.1) is 0 Å². The Hall–Kier alpha value is -1.47. The number of halogens is 1. The highest BCUT2D eigenvalue weighted by atomic mass is 19.1. The van der Waals surface area contributed by atoms with Gasteiger partial charge in [0.15, 0.2) is 0 Å². The molecule has 1 N–H and O–H groups in total. The predicted octanol–water partition coefficient (Wildman–Crippen LogP) is 1.44. The van der Waals surface area contributed by atoms with E-state index in [1.165, 1.54) is 0 Å². The number of carbonyl (C=O) groups is 1. The second-order valence-corrected chi connectivity index (χ2v) is 6.63. The Morgan fingerprint density at radius 1 is 1.52 bits per heavy atom. The van der Waals surface area contributed by atoms with Crippen LogP contribution >= 0.6 is 0 Å². The zero-order chi connectivity index (χ0) is 16.3. The van der Waals surface area contributed by atoms with E-state index < -0.39 is 5.67 Å². The summed E-state index contributed by atoms with van der Waals surface area (Å²) in [5.74, 6) is 0.588. The normalized spacial score (nSPS) is 24.7. The van der Waals surface area contributed by atoms with Crippen LogP contribution in [0.5, 0.6) is 0 Å². The third kappa shape index (κ3) is 4.29. The summed E-state index contributed by atoms with van der Waals surface area (Å²) in [4.78, 5) is 14.1. The largest absolute Gasteiger partial charge is 0.381 e. The van der Waals surface area contributed by atoms with Crippen molar-refractivity contribution in [3.05, 3.63) is 17.5 Å². The van der Waals surface area contributed by atoms with Crippen LogP contribution < -0.4 is 5.32 Å². The number of nitrogens with one attached hydrogen (secondary N) is 1. The monoisotopic (exact) mass is 325 g/mol. The van der Waals surface area contributed by atoms with Gasteiger partial charge in [-0.3, -0.25) is 9.69 Å². The van der Waals surface area contributed by atoms with Crippen molar-refractivity contribution in [3.63, 3.8) is 0 Å². The number of likely N-dealkylation sites (tertiary alicyclic amines) is 1. The molecule has 0 bridgehead atoms.